The molecule has 1 saturated heterocycles. The lowest BCUT2D eigenvalue weighted by Crippen LogP contribution is -2.15. The molecule has 0 amide bonds. The molecule has 0 radical (unpaired) electrons. The molecule has 1 aliphatic rings. The molecule has 0 bridgehead atoms. The zero-order valence-corrected chi connectivity index (χ0v) is 4.91. The lowest BCUT2D eigenvalue weighted by Gasteiger charge is -2.04. The second-order valence-corrected chi connectivity index (χ2v) is 1.60. The minimum absolute atomic E-state index is 0.198. The van der Waals surface area contributed by atoms with E-state index in [0.717, 1.165) is 0 Å². The smallest absolute Gasteiger partial charge is 0.293 e. The molecule has 0 aromatic rings. The number of carbonyl (C=O) groups excluding carboxylic acids is 1. The maximum atomic E-state index is 9.63. The summed E-state index contributed by atoms with van der Waals surface area (Å²) < 4.78 is 14.3. The largest absolute Gasteiger partial charge is 0.462 e. The van der Waals surface area contributed by atoms with Crippen molar-refractivity contribution in [1.82, 2.24) is 0 Å². The van der Waals surface area contributed by atoms with Crippen LogP contribution in [0.5, 0.6) is 0 Å². The Morgan fingerprint density at radius 2 is 2.22 bits per heavy atom. The molecule has 0 spiro atoms. The zero-order chi connectivity index (χ0) is 6.53. The highest BCUT2D eigenvalue weighted by atomic mass is 16.7. The molecular formula is C5H8O4. The highest BCUT2D eigenvalue weighted by Crippen LogP contribution is 2.02. The van der Waals surface area contributed by atoms with Gasteiger partial charge in [-0.05, 0) is 0 Å². The van der Waals surface area contributed by atoms with E-state index in [1.54, 1.807) is 0 Å². The van der Waals surface area contributed by atoms with Crippen LogP contribution < -0.4 is 0 Å². The molecule has 0 saturated carbocycles. The van der Waals surface area contributed by atoms with E-state index in [1.807, 2.05) is 0 Å². The molecule has 1 aliphatic heterocycles. The van der Waals surface area contributed by atoms with Gasteiger partial charge in [0, 0.05) is 0 Å². The molecule has 0 aromatic heterocycles. The molecule has 0 aromatic carbocycles. The Morgan fingerprint density at radius 3 is 2.78 bits per heavy atom. The fourth-order valence-electron chi connectivity index (χ4n) is 0.621. The second kappa shape index (κ2) is 3.42. The van der Waals surface area contributed by atoms with E-state index in [4.69, 9.17) is 9.47 Å². The van der Waals surface area contributed by atoms with Crippen molar-refractivity contribution in [2.45, 2.75) is 6.29 Å². The number of hydrogen-bond donors (Lipinski definition) is 0. The fraction of sp³-hybridized carbons (Fsp3) is 0.800. The van der Waals surface area contributed by atoms with Crippen molar-refractivity contribution in [1.29, 1.82) is 0 Å². The molecule has 0 aliphatic carbocycles. The van der Waals surface area contributed by atoms with Crippen LogP contribution in [0.3, 0.4) is 0 Å². The summed E-state index contributed by atoms with van der Waals surface area (Å²) in [7, 11) is 0. The summed E-state index contributed by atoms with van der Waals surface area (Å²) in [5.74, 6) is 0. The monoisotopic (exact) mass is 132 g/mol. The Kier molecular flexibility index (Phi) is 2.48. The molecule has 4 heteroatoms. The van der Waals surface area contributed by atoms with Gasteiger partial charge in [-0.2, -0.15) is 0 Å². The second-order valence-electron chi connectivity index (χ2n) is 1.60. The predicted molar refractivity (Wildman–Crippen MR) is 27.7 cm³/mol. The first-order valence-electron chi connectivity index (χ1n) is 2.72. The summed E-state index contributed by atoms with van der Waals surface area (Å²) in [6.45, 7) is 1.76. The first-order chi connectivity index (χ1) is 4.43. The van der Waals surface area contributed by atoms with Crippen LogP contribution in [-0.2, 0) is 19.0 Å². The van der Waals surface area contributed by atoms with Gasteiger partial charge >= 0.3 is 0 Å². The van der Waals surface area contributed by atoms with Crippen LogP contribution in [0.1, 0.15) is 0 Å². The lowest BCUT2D eigenvalue weighted by atomic mass is 10.7. The molecular weight excluding hydrogens is 124 g/mol. The van der Waals surface area contributed by atoms with Crippen molar-refractivity contribution in [2.24, 2.45) is 0 Å². The van der Waals surface area contributed by atoms with Gasteiger partial charge in [0.15, 0.2) is 6.29 Å². The van der Waals surface area contributed by atoms with Crippen molar-refractivity contribution in [3.05, 3.63) is 0 Å². The molecule has 9 heavy (non-hydrogen) atoms. The third kappa shape index (κ3) is 1.99. The van der Waals surface area contributed by atoms with E-state index in [0.29, 0.717) is 19.7 Å². The van der Waals surface area contributed by atoms with E-state index in [1.165, 1.54) is 0 Å². The Labute approximate surface area is 52.7 Å². The van der Waals surface area contributed by atoms with Crippen LogP contribution in [-0.4, -0.2) is 32.6 Å². The van der Waals surface area contributed by atoms with Crippen LogP contribution in [0.4, 0.5) is 0 Å². The van der Waals surface area contributed by atoms with Crippen LogP contribution in [0.15, 0.2) is 0 Å². The van der Waals surface area contributed by atoms with Crippen molar-refractivity contribution in [3.63, 3.8) is 0 Å². The third-order valence-corrected chi connectivity index (χ3v) is 0.991. The number of rotatable bonds is 3. The molecule has 0 unspecified atom stereocenters. The van der Waals surface area contributed by atoms with Crippen molar-refractivity contribution < 1.29 is 19.0 Å². The SMILES string of the molecule is O=COCC1OCCO1. The van der Waals surface area contributed by atoms with Crippen LogP contribution in [0, 0.1) is 0 Å². The van der Waals surface area contributed by atoms with E-state index < -0.39 is 0 Å². The molecule has 4 nitrogen and oxygen atoms in total. The normalized spacial score (nSPS) is 20.0. The summed E-state index contributed by atoms with van der Waals surface area (Å²) in [5, 5.41) is 0. The zero-order valence-electron chi connectivity index (χ0n) is 4.91. The standard InChI is InChI=1S/C5H8O4/c6-4-7-3-5-8-1-2-9-5/h4-5H,1-3H2. The highest BCUT2D eigenvalue weighted by molar-refractivity contribution is 5.36. The van der Waals surface area contributed by atoms with Gasteiger partial charge < -0.3 is 14.2 Å². The van der Waals surface area contributed by atoms with E-state index in [9.17, 15) is 4.79 Å². The minimum atomic E-state index is -0.338. The summed E-state index contributed by atoms with van der Waals surface area (Å²) in [4.78, 5) is 9.63. The van der Waals surface area contributed by atoms with Gasteiger partial charge in [-0.15, -0.1) is 0 Å². The maximum absolute atomic E-state index is 9.63. The van der Waals surface area contributed by atoms with Gasteiger partial charge in [-0.25, -0.2) is 0 Å². The average molecular weight is 132 g/mol. The molecule has 1 rings (SSSR count). The maximum Gasteiger partial charge on any atom is 0.293 e. The molecule has 1 fully saturated rings. The Morgan fingerprint density at radius 1 is 1.56 bits per heavy atom. The van der Waals surface area contributed by atoms with Crippen LogP contribution in [0.2, 0.25) is 0 Å². The summed E-state index contributed by atoms with van der Waals surface area (Å²) >= 11 is 0. The first kappa shape index (κ1) is 6.51. The van der Waals surface area contributed by atoms with Gasteiger partial charge in [0.05, 0.1) is 13.2 Å². The van der Waals surface area contributed by atoms with Crippen molar-refractivity contribution in [2.75, 3.05) is 19.8 Å². The number of hydrogen-bond acceptors (Lipinski definition) is 4. The molecule has 52 valence electrons. The van der Waals surface area contributed by atoms with E-state index in [2.05, 4.69) is 4.74 Å². The summed E-state index contributed by atoms with van der Waals surface area (Å²) in [5.41, 5.74) is 0. The third-order valence-electron chi connectivity index (χ3n) is 0.991. The van der Waals surface area contributed by atoms with Gasteiger partial charge in [0.1, 0.15) is 6.61 Å². The van der Waals surface area contributed by atoms with Crippen LogP contribution >= 0.6 is 0 Å². The fourth-order valence-corrected chi connectivity index (χ4v) is 0.621. The average Bonchev–Trinajstić information content (AvgIpc) is 2.34. The highest BCUT2D eigenvalue weighted by Gasteiger charge is 2.15. The summed E-state index contributed by atoms with van der Waals surface area (Å²) in [6, 6.07) is 0. The van der Waals surface area contributed by atoms with Crippen LogP contribution in [0.25, 0.3) is 0 Å². The lowest BCUT2D eigenvalue weighted by molar-refractivity contribution is -0.141. The topological polar surface area (TPSA) is 44.8 Å². The predicted octanol–water partition coefficient (Wildman–Crippen LogP) is -0.468. The Hall–Kier alpha value is -0.610. The van der Waals surface area contributed by atoms with Gasteiger partial charge in [0.25, 0.3) is 6.47 Å². The van der Waals surface area contributed by atoms with Crippen molar-refractivity contribution >= 4 is 6.47 Å². The Bertz CT molecular complexity index is 87.0. The van der Waals surface area contributed by atoms with Crippen molar-refractivity contribution in [3.8, 4) is 0 Å². The van der Waals surface area contributed by atoms with Gasteiger partial charge in [-0.3, -0.25) is 4.79 Å². The molecule has 1 heterocycles. The van der Waals surface area contributed by atoms with E-state index in [-0.39, 0.29) is 12.9 Å². The molecule has 0 N–H and O–H groups in total. The quantitative estimate of drug-likeness (QED) is 0.487. The summed E-state index contributed by atoms with van der Waals surface area (Å²) in [6.07, 6.45) is -0.338. The minimum Gasteiger partial charge on any atom is -0.462 e. The molecule has 0 atom stereocenters. The number of carbonyl (C=O) groups is 1. The van der Waals surface area contributed by atoms with E-state index >= 15 is 0 Å². The Balaban J connectivity index is 2.04. The van der Waals surface area contributed by atoms with Gasteiger partial charge in [0.2, 0.25) is 0 Å². The van der Waals surface area contributed by atoms with Gasteiger partial charge in [-0.1, -0.05) is 0 Å². The number of ether oxygens (including phenoxy) is 3. The first-order valence-corrected chi connectivity index (χ1v) is 2.72.